The molecule has 0 aliphatic carbocycles. The van der Waals surface area contributed by atoms with Crippen LogP contribution >= 0.6 is 0 Å². The van der Waals surface area contributed by atoms with Gasteiger partial charge in [0.1, 0.15) is 5.76 Å². The van der Waals surface area contributed by atoms with Gasteiger partial charge in [0.25, 0.3) is 0 Å². The van der Waals surface area contributed by atoms with Crippen LogP contribution in [0.25, 0.3) is 0 Å². The number of nitrogens with one attached hydrogen (secondary N) is 2. The molecule has 0 radical (unpaired) electrons. The second kappa shape index (κ2) is 7.64. The molecule has 0 atom stereocenters. The third kappa shape index (κ3) is 5.32. The van der Waals surface area contributed by atoms with Crippen molar-refractivity contribution in [2.75, 3.05) is 5.32 Å². The van der Waals surface area contributed by atoms with E-state index in [1.54, 1.807) is 24.3 Å². The number of anilines is 1. The topological polar surface area (TPSA) is 83.7 Å². The molecule has 0 bridgehead atoms. The van der Waals surface area contributed by atoms with Crippen molar-refractivity contribution in [2.45, 2.75) is 12.8 Å². The molecule has 21 heavy (non-hydrogen) atoms. The van der Waals surface area contributed by atoms with Gasteiger partial charge in [-0.05, 0) is 24.3 Å². The summed E-state index contributed by atoms with van der Waals surface area (Å²) in [7, 11) is 0. The Bertz CT molecular complexity index is 606. The van der Waals surface area contributed by atoms with Crippen LogP contribution in [0.5, 0.6) is 0 Å². The number of para-hydroxylation sites is 1. The van der Waals surface area contributed by atoms with E-state index in [0.29, 0.717) is 11.4 Å². The van der Waals surface area contributed by atoms with E-state index in [1.165, 1.54) is 12.5 Å². The van der Waals surface area contributed by atoms with Crippen molar-refractivity contribution < 1.29 is 14.0 Å². The van der Waals surface area contributed by atoms with Crippen molar-refractivity contribution >= 4 is 23.7 Å². The van der Waals surface area contributed by atoms with Gasteiger partial charge in [0.2, 0.25) is 11.8 Å². The second-order valence-corrected chi connectivity index (χ2v) is 4.22. The Balaban J connectivity index is 1.68. The molecule has 0 fully saturated rings. The number of hydrogen-bond acceptors (Lipinski definition) is 4. The van der Waals surface area contributed by atoms with Gasteiger partial charge in [0, 0.05) is 18.5 Å². The zero-order valence-electron chi connectivity index (χ0n) is 11.3. The maximum atomic E-state index is 11.6. The minimum absolute atomic E-state index is 0.0637. The van der Waals surface area contributed by atoms with Gasteiger partial charge in [-0.1, -0.05) is 18.2 Å². The molecule has 0 spiro atoms. The quantitative estimate of drug-likeness (QED) is 0.630. The van der Waals surface area contributed by atoms with Crippen molar-refractivity contribution in [3.63, 3.8) is 0 Å². The Labute approximate surface area is 121 Å². The fraction of sp³-hybridized carbons (Fsp3) is 0.133. The zero-order valence-corrected chi connectivity index (χ0v) is 11.3. The predicted molar refractivity (Wildman–Crippen MR) is 78.8 cm³/mol. The zero-order chi connectivity index (χ0) is 14.9. The van der Waals surface area contributed by atoms with E-state index in [9.17, 15) is 9.59 Å². The summed E-state index contributed by atoms with van der Waals surface area (Å²) in [6.45, 7) is 0. The molecule has 0 saturated heterocycles. The van der Waals surface area contributed by atoms with Gasteiger partial charge in [0.05, 0.1) is 12.5 Å². The molecule has 0 aliphatic heterocycles. The molecule has 6 nitrogen and oxygen atoms in total. The molecule has 1 aromatic carbocycles. The summed E-state index contributed by atoms with van der Waals surface area (Å²) in [5.41, 5.74) is 3.04. The number of benzene rings is 1. The van der Waals surface area contributed by atoms with E-state index >= 15 is 0 Å². The Morgan fingerprint density at radius 3 is 2.52 bits per heavy atom. The lowest BCUT2D eigenvalue weighted by Crippen LogP contribution is -2.20. The van der Waals surface area contributed by atoms with E-state index < -0.39 is 0 Å². The average molecular weight is 285 g/mol. The lowest BCUT2D eigenvalue weighted by molar-refractivity contribution is -0.124. The van der Waals surface area contributed by atoms with Crippen LogP contribution in [-0.4, -0.2) is 18.0 Å². The molecule has 2 rings (SSSR count). The molecule has 0 unspecified atom stereocenters. The SMILES string of the molecule is O=C(CCC(=O)Nc1ccccc1)N/N=C/c1ccco1. The monoisotopic (exact) mass is 285 g/mol. The molecule has 6 heteroatoms. The van der Waals surface area contributed by atoms with E-state index in [0.717, 1.165) is 0 Å². The van der Waals surface area contributed by atoms with Crippen LogP contribution in [-0.2, 0) is 9.59 Å². The normalized spacial score (nSPS) is 10.5. The summed E-state index contributed by atoms with van der Waals surface area (Å²) >= 11 is 0. The van der Waals surface area contributed by atoms with Gasteiger partial charge in [-0.2, -0.15) is 5.10 Å². The van der Waals surface area contributed by atoms with Crippen molar-refractivity contribution in [3.05, 3.63) is 54.5 Å². The highest BCUT2D eigenvalue weighted by Crippen LogP contribution is 2.05. The van der Waals surface area contributed by atoms with Crippen molar-refractivity contribution in [1.29, 1.82) is 0 Å². The van der Waals surface area contributed by atoms with Crippen LogP contribution in [0.4, 0.5) is 5.69 Å². The molecular weight excluding hydrogens is 270 g/mol. The van der Waals surface area contributed by atoms with Gasteiger partial charge < -0.3 is 9.73 Å². The fourth-order valence-electron chi connectivity index (χ4n) is 1.56. The van der Waals surface area contributed by atoms with Gasteiger partial charge in [-0.15, -0.1) is 0 Å². The third-order valence-corrected chi connectivity index (χ3v) is 2.56. The number of rotatable bonds is 6. The average Bonchev–Trinajstić information content (AvgIpc) is 2.99. The van der Waals surface area contributed by atoms with Gasteiger partial charge in [-0.25, -0.2) is 5.43 Å². The summed E-state index contributed by atoms with van der Waals surface area (Å²) in [4.78, 5) is 23.1. The van der Waals surface area contributed by atoms with E-state index in [1.807, 2.05) is 18.2 Å². The Hall–Kier alpha value is -2.89. The molecule has 2 N–H and O–H groups in total. The molecule has 1 heterocycles. The van der Waals surface area contributed by atoms with Gasteiger partial charge in [-0.3, -0.25) is 9.59 Å². The minimum Gasteiger partial charge on any atom is -0.463 e. The Morgan fingerprint density at radius 2 is 1.81 bits per heavy atom. The maximum Gasteiger partial charge on any atom is 0.240 e. The summed E-state index contributed by atoms with van der Waals surface area (Å²) in [5.74, 6) is -0.00972. The molecule has 0 aliphatic rings. The highest BCUT2D eigenvalue weighted by molar-refractivity contribution is 5.93. The van der Waals surface area contributed by atoms with Crippen LogP contribution in [0.3, 0.4) is 0 Å². The summed E-state index contributed by atoms with van der Waals surface area (Å²) in [6, 6.07) is 12.5. The highest BCUT2D eigenvalue weighted by Gasteiger charge is 2.06. The summed E-state index contributed by atoms with van der Waals surface area (Å²) < 4.78 is 5.02. The standard InChI is InChI=1S/C15H15N3O3/c19-14(17-12-5-2-1-3-6-12)8-9-15(20)18-16-11-13-7-4-10-21-13/h1-7,10-11H,8-9H2,(H,17,19)(H,18,20)/b16-11+. The lowest BCUT2D eigenvalue weighted by Gasteiger charge is -2.04. The number of carbonyl (C=O) groups excluding carboxylic acids is 2. The predicted octanol–water partition coefficient (Wildman–Crippen LogP) is 2.15. The molecule has 0 saturated carbocycles. The molecule has 2 amide bonds. The Kier molecular flexibility index (Phi) is 5.28. The lowest BCUT2D eigenvalue weighted by atomic mass is 10.2. The first-order valence-electron chi connectivity index (χ1n) is 6.44. The van der Waals surface area contributed by atoms with E-state index in [-0.39, 0.29) is 24.7 Å². The number of hydrogen-bond donors (Lipinski definition) is 2. The largest absolute Gasteiger partial charge is 0.463 e. The van der Waals surface area contributed by atoms with Crippen LogP contribution in [0.15, 0.2) is 58.2 Å². The fourth-order valence-corrected chi connectivity index (χ4v) is 1.56. The Morgan fingerprint density at radius 1 is 1.05 bits per heavy atom. The highest BCUT2D eigenvalue weighted by atomic mass is 16.3. The van der Waals surface area contributed by atoms with Crippen molar-refractivity contribution in [3.8, 4) is 0 Å². The number of hydrazone groups is 1. The van der Waals surface area contributed by atoms with Gasteiger partial charge >= 0.3 is 0 Å². The first kappa shape index (κ1) is 14.5. The summed E-state index contributed by atoms with van der Waals surface area (Å²) in [6.07, 6.45) is 3.06. The number of carbonyl (C=O) groups is 2. The molecular formula is C15H15N3O3. The van der Waals surface area contributed by atoms with Crippen molar-refractivity contribution in [2.24, 2.45) is 5.10 Å². The van der Waals surface area contributed by atoms with Crippen LogP contribution in [0.2, 0.25) is 0 Å². The number of amides is 2. The van der Waals surface area contributed by atoms with Gasteiger partial charge in [0.15, 0.2) is 0 Å². The summed E-state index contributed by atoms with van der Waals surface area (Å²) in [5, 5.41) is 6.43. The second-order valence-electron chi connectivity index (χ2n) is 4.22. The van der Waals surface area contributed by atoms with Crippen LogP contribution < -0.4 is 10.7 Å². The first-order valence-corrected chi connectivity index (χ1v) is 6.44. The number of furan rings is 1. The molecule has 2 aromatic rings. The smallest absolute Gasteiger partial charge is 0.240 e. The van der Waals surface area contributed by atoms with Crippen LogP contribution in [0.1, 0.15) is 18.6 Å². The van der Waals surface area contributed by atoms with E-state index in [2.05, 4.69) is 15.8 Å². The molecule has 1 aromatic heterocycles. The molecule has 108 valence electrons. The third-order valence-electron chi connectivity index (χ3n) is 2.56. The number of nitrogens with zero attached hydrogens (tertiary/aromatic N) is 1. The van der Waals surface area contributed by atoms with Crippen LogP contribution in [0, 0.1) is 0 Å². The minimum atomic E-state index is -0.332. The van der Waals surface area contributed by atoms with E-state index in [4.69, 9.17) is 4.42 Å². The first-order chi connectivity index (χ1) is 10.2. The maximum absolute atomic E-state index is 11.6. The van der Waals surface area contributed by atoms with Crippen molar-refractivity contribution in [1.82, 2.24) is 5.43 Å².